The fourth-order valence-corrected chi connectivity index (χ4v) is 10.1. The molecular weight excluding hydrogens is 675 g/mol. The van der Waals surface area contributed by atoms with Crippen molar-refractivity contribution >= 4 is 24.8 Å². The Balaban J connectivity index is 0.000000156. The lowest BCUT2D eigenvalue weighted by Gasteiger charge is -2.37. The summed E-state index contributed by atoms with van der Waals surface area (Å²) in [6.07, 6.45) is 8.69. The van der Waals surface area contributed by atoms with Crippen LogP contribution in [0.5, 0.6) is 0 Å². The van der Waals surface area contributed by atoms with Gasteiger partial charge in [-0.25, -0.2) is 0 Å². The van der Waals surface area contributed by atoms with E-state index in [0.29, 0.717) is 6.16 Å². The Morgan fingerprint density at radius 1 is 0.509 bits per heavy atom. The maximum Gasteiger partial charge on any atom is 0.104 e. The minimum Gasteiger partial charge on any atom is -0.392 e. The van der Waals surface area contributed by atoms with Gasteiger partial charge < -0.3 is 30.0 Å². The second-order valence-corrected chi connectivity index (χ2v) is 16.7. The molecule has 4 aliphatic heterocycles. The lowest BCUT2D eigenvalue weighted by molar-refractivity contribution is 0.219. The van der Waals surface area contributed by atoms with Crippen molar-refractivity contribution in [1.29, 1.82) is 0 Å². The number of rotatable bonds is 8. The van der Waals surface area contributed by atoms with Gasteiger partial charge in [0.2, 0.25) is 0 Å². The van der Waals surface area contributed by atoms with E-state index in [-0.39, 0.29) is 6.61 Å². The van der Waals surface area contributed by atoms with Gasteiger partial charge in [-0.05, 0) is 107 Å². The van der Waals surface area contributed by atoms with Gasteiger partial charge in [0.05, 0.1) is 14.8 Å². The molecule has 0 aromatic heterocycles. The number of hydrogen-bond acceptors (Lipinski definition) is 6. The van der Waals surface area contributed by atoms with E-state index in [9.17, 15) is 15.1 Å². The van der Waals surface area contributed by atoms with Gasteiger partial charge in [0.1, 0.15) is 12.2 Å². The van der Waals surface area contributed by atoms with Crippen molar-refractivity contribution in [1.82, 2.24) is 0 Å². The van der Waals surface area contributed by atoms with Crippen molar-refractivity contribution in [2.75, 3.05) is 36.0 Å². The molecule has 0 aliphatic carbocycles. The van der Waals surface area contributed by atoms with E-state index in [2.05, 4.69) is 34.1 Å². The number of aliphatic hydroxyl groups is 3. The third-order valence-electron chi connectivity index (χ3n) is 11.5. The lowest BCUT2D eigenvalue weighted by Crippen LogP contribution is -2.34. The largest absolute Gasteiger partial charge is 0.392 e. The van der Waals surface area contributed by atoms with E-state index >= 15 is 0 Å². The molecule has 0 saturated heterocycles. The van der Waals surface area contributed by atoms with Crippen molar-refractivity contribution in [2.45, 2.75) is 76.3 Å². The topological polar surface area (TPSA) is 87.4 Å². The summed E-state index contributed by atoms with van der Waals surface area (Å²) < 4.78 is 0. The van der Waals surface area contributed by atoms with Crippen LogP contribution in [0.15, 0.2) is 103 Å². The van der Waals surface area contributed by atoms with Crippen LogP contribution in [-0.4, -0.2) is 46.4 Å². The standard InChI is InChI=1S/C26H28NO2P.C20H23NO2/c28-26(23-16-21-6-4-14-27-15-5-7-22(17-23)25(21)27)20-12-10-19(11-13-20)18-30(29)24-8-2-1-3-9-24;22-13-14-5-7-15(8-6-14)20(23)18-11-16-3-1-9-21-10-2-4-17(12-18)19(16)21/h1-3,8-13,16-17,26,28-29H,4-7,14-15,18H2;5-8,11-12,20,22-23H,1-4,9-10,13H2. The van der Waals surface area contributed by atoms with Crippen LogP contribution in [0.25, 0.3) is 0 Å². The summed E-state index contributed by atoms with van der Waals surface area (Å²) in [5, 5.41) is 32.0. The van der Waals surface area contributed by atoms with Gasteiger partial charge in [0, 0.05) is 49.0 Å². The lowest BCUT2D eigenvalue weighted by atomic mass is 9.88. The highest BCUT2D eigenvalue weighted by molar-refractivity contribution is 7.59. The highest BCUT2D eigenvalue weighted by atomic mass is 31.1. The van der Waals surface area contributed by atoms with Crippen LogP contribution >= 0.6 is 8.15 Å². The molecule has 4 N–H and O–H groups in total. The molecule has 274 valence electrons. The minimum absolute atomic E-state index is 0.0369. The molecule has 3 atom stereocenters. The van der Waals surface area contributed by atoms with E-state index < -0.39 is 20.4 Å². The number of nitrogens with zero attached hydrogens (tertiary/aromatic N) is 2. The predicted octanol–water partition coefficient (Wildman–Crippen LogP) is 7.64. The Bertz CT molecular complexity index is 1950. The van der Waals surface area contributed by atoms with Crippen LogP contribution in [0.3, 0.4) is 0 Å². The first kappa shape index (κ1) is 36.0. The molecule has 5 aromatic carbocycles. The average molecular weight is 727 g/mol. The van der Waals surface area contributed by atoms with Gasteiger partial charge in [-0.1, -0.05) is 103 Å². The third kappa shape index (κ3) is 7.80. The fourth-order valence-electron chi connectivity index (χ4n) is 8.84. The van der Waals surface area contributed by atoms with Crippen molar-refractivity contribution in [3.05, 3.63) is 159 Å². The van der Waals surface area contributed by atoms with E-state index in [4.69, 9.17) is 5.11 Å². The molecule has 4 aliphatic rings. The van der Waals surface area contributed by atoms with Gasteiger partial charge in [-0.3, -0.25) is 0 Å². The van der Waals surface area contributed by atoms with E-state index in [0.717, 1.165) is 64.4 Å². The maximum absolute atomic E-state index is 11.1. The predicted molar refractivity (Wildman–Crippen MR) is 216 cm³/mol. The number of anilines is 2. The summed E-state index contributed by atoms with van der Waals surface area (Å²) in [5.41, 5.74) is 14.3. The molecule has 53 heavy (non-hydrogen) atoms. The molecule has 3 unspecified atom stereocenters. The zero-order valence-corrected chi connectivity index (χ0v) is 31.4. The van der Waals surface area contributed by atoms with Gasteiger partial charge in [-0.15, -0.1) is 0 Å². The Morgan fingerprint density at radius 3 is 1.30 bits per heavy atom. The second kappa shape index (κ2) is 16.1. The normalized spacial score (nSPS) is 17.5. The molecule has 6 nitrogen and oxygen atoms in total. The Kier molecular flexibility index (Phi) is 11.0. The van der Waals surface area contributed by atoms with Crippen LogP contribution in [0.2, 0.25) is 0 Å². The molecule has 9 rings (SSSR count). The van der Waals surface area contributed by atoms with E-state index in [1.807, 2.05) is 78.9 Å². The SMILES string of the molecule is OC(c1ccc(CP(O)c2ccccc2)cc1)c1cc2c3c(c1)CCCN3CCC2.OCc1ccc(C(O)c2cc3c4c(c2)CCCN4CCC3)cc1. The molecule has 0 amide bonds. The maximum atomic E-state index is 11.1. The molecular formula is C46H51N2O4P. The molecule has 7 heteroatoms. The first-order valence-corrected chi connectivity index (χ1v) is 20.9. The fraction of sp³-hybridized carbons (Fsp3) is 0.348. The van der Waals surface area contributed by atoms with Crippen LogP contribution in [0.4, 0.5) is 11.4 Å². The number of aliphatic hydroxyl groups excluding tert-OH is 3. The first-order chi connectivity index (χ1) is 25.9. The minimum atomic E-state index is -1.20. The van der Waals surface area contributed by atoms with Gasteiger partial charge in [0.25, 0.3) is 0 Å². The summed E-state index contributed by atoms with van der Waals surface area (Å²) in [4.78, 5) is 15.6. The monoisotopic (exact) mass is 726 g/mol. The van der Waals surface area contributed by atoms with Gasteiger partial charge >= 0.3 is 0 Å². The zero-order valence-electron chi connectivity index (χ0n) is 30.5. The number of aryl methyl sites for hydroxylation is 4. The highest BCUT2D eigenvalue weighted by Gasteiger charge is 2.27. The molecule has 0 bridgehead atoms. The molecule has 0 radical (unpaired) electrons. The Labute approximate surface area is 315 Å². The highest BCUT2D eigenvalue weighted by Crippen LogP contribution is 2.40. The summed E-state index contributed by atoms with van der Waals surface area (Å²) >= 11 is 0. The van der Waals surface area contributed by atoms with Crippen LogP contribution in [0.1, 0.15) is 93.5 Å². The molecule has 0 spiro atoms. The van der Waals surface area contributed by atoms with Crippen molar-refractivity contribution in [3.63, 3.8) is 0 Å². The van der Waals surface area contributed by atoms with Crippen molar-refractivity contribution < 1.29 is 20.2 Å². The summed E-state index contributed by atoms with van der Waals surface area (Å²) in [7, 11) is -1.20. The van der Waals surface area contributed by atoms with Crippen LogP contribution < -0.4 is 15.1 Å². The number of hydrogen-bond donors (Lipinski definition) is 4. The molecule has 0 saturated carbocycles. The number of benzene rings is 5. The summed E-state index contributed by atoms with van der Waals surface area (Å²) in [6.45, 7) is 4.71. The van der Waals surface area contributed by atoms with Crippen LogP contribution in [-0.2, 0) is 38.5 Å². The Hall–Kier alpha value is -4.03. The Morgan fingerprint density at radius 2 is 0.906 bits per heavy atom. The quantitative estimate of drug-likeness (QED) is 0.123. The molecule has 4 heterocycles. The molecule has 0 fully saturated rings. The zero-order chi connectivity index (χ0) is 36.3. The first-order valence-electron chi connectivity index (χ1n) is 19.4. The van der Waals surface area contributed by atoms with E-state index in [1.54, 1.807) is 0 Å². The van der Waals surface area contributed by atoms with Gasteiger partial charge in [0.15, 0.2) is 0 Å². The van der Waals surface area contributed by atoms with Gasteiger partial charge in [-0.2, -0.15) is 0 Å². The third-order valence-corrected chi connectivity index (χ3v) is 13.1. The second-order valence-electron chi connectivity index (χ2n) is 15.1. The smallest absolute Gasteiger partial charge is 0.104 e. The van der Waals surface area contributed by atoms with Crippen molar-refractivity contribution in [3.8, 4) is 0 Å². The van der Waals surface area contributed by atoms with E-state index in [1.165, 1.54) is 85.5 Å². The van der Waals surface area contributed by atoms with Crippen LogP contribution in [0, 0.1) is 0 Å². The van der Waals surface area contributed by atoms with Crippen molar-refractivity contribution in [2.24, 2.45) is 0 Å². The molecule has 5 aromatic rings. The average Bonchev–Trinajstić information content (AvgIpc) is 3.21. The summed E-state index contributed by atoms with van der Waals surface area (Å²) in [5.74, 6) is 0. The summed E-state index contributed by atoms with van der Waals surface area (Å²) in [6, 6.07) is 34.3.